The highest BCUT2D eigenvalue weighted by molar-refractivity contribution is 14.0. The Balaban J connectivity index is 0.00000480. The van der Waals surface area contributed by atoms with Gasteiger partial charge in [-0.3, -0.25) is 9.98 Å². The Morgan fingerprint density at radius 2 is 2.00 bits per heavy atom. The van der Waals surface area contributed by atoms with E-state index in [2.05, 4.69) is 22.1 Å². The summed E-state index contributed by atoms with van der Waals surface area (Å²) in [5.74, 6) is 1.47. The SMILES string of the molecule is CCNC(=NCCc1ccccn1)N1CCC(CN(CC)C(=O)OC(C)(C)C)CC1.I. The van der Waals surface area contributed by atoms with Crippen LogP contribution >= 0.6 is 24.0 Å². The number of likely N-dealkylation sites (tertiary alicyclic amines) is 1. The van der Waals surface area contributed by atoms with Crippen molar-refractivity contribution >= 4 is 36.0 Å². The third kappa shape index (κ3) is 10.1. The van der Waals surface area contributed by atoms with Crippen LogP contribution in [0, 0.1) is 5.92 Å². The summed E-state index contributed by atoms with van der Waals surface area (Å²) in [4.78, 5) is 25.8. The van der Waals surface area contributed by atoms with Crippen LogP contribution < -0.4 is 5.32 Å². The second kappa shape index (κ2) is 13.8. The van der Waals surface area contributed by atoms with Crippen LogP contribution in [0.25, 0.3) is 0 Å². The number of nitrogens with zero attached hydrogens (tertiary/aromatic N) is 4. The van der Waals surface area contributed by atoms with Crippen LogP contribution in [0.4, 0.5) is 4.79 Å². The topological polar surface area (TPSA) is 70.1 Å². The van der Waals surface area contributed by atoms with Gasteiger partial charge >= 0.3 is 6.09 Å². The number of hydrogen-bond acceptors (Lipinski definition) is 4. The maximum absolute atomic E-state index is 12.4. The van der Waals surface area contributed by atoms with E-state index in [1.54, 1.807) is 0 Å². The van der Waals surface area contributed by atoms with Gasteiger partial charge in [-0.1, -0.05) is 6.07 Å². The van der Waals surface area contributed by atoms with E-state index in [-0.39, 0.29) is 30.1 Å². The molecule has 8 heteroatoms. The summed E-state index contributed by atoms with van der Waals surface area (Å²) in [5, 5.41) is 3.42. The monoisotopic (exact) mass is 545 g/mol. The lowest BCUT2D eigenvalue weighted by atomic mass is 9.96. The van der Waals surface area contributed by atoms with Gasteiger partial charge in [0.25, 0.3) is 0 Å². The number of ether oxygens (including phenoxy) is 1. The average Bonchev–Trinajstić information content (AvgIpc) is 2.71. The van der Waals surface area contributed by atoms with Crippen LogP contribution in [0.5, 0.6) is 0 Å². The van der Waals surface area contributed by atoms with Crippen molar-refractivity contribution in [1.29, 1.82) is 0 Å². The van der Waals surface area contributed by atoms with Crippen LogP contribution in [0.2, 0.25) is 0 Å². The summed E-state index contributed by atoms with van der Waals surface area (Å²) in [7, 11) is 0. The molecule has 1 aromatic rings. The highest BCUT2D eigenvalue weighted by Crippen LogP contribution is 2.20. The summed E-state index contributed by atoms with van der Waals surface area (Å²) < 4.78 is 5.55. The molecule has 1 aliphatic heterocycles. The van der Waals surface area contributed by atoms with Gasteiger partial charge in [-0.15, -0.1) is 24.0 Å². The maximum Gasteiger partial charge on any atom is 0.410 e. The van der Waals surface area contributed by atoms with E-state index in [4.69, 9.17) is 9.73 Å². The third-order valence-corrected chi connectivity index (χ3v) is 5.12. The highest BCUT2D eigenvalue weighted by atomic mass is 127. The molecule has 2 rings (SSSR count). The molecule has 0 atom stereocenters. The van der Waals surface area contributed by atoms with Crippen LogP contribution in [0.15, 0.2) is 29.4 Å². The largest absolute Gasteiger partial charge is 0.444 e. The van der Waals surface area contributed by atoms with Gasteiger partial charge in [-0.05, 0) is 65.5 Å². The first-order valence-electron chi connectivity index (χ1n) is 11.2. The minimum Gasteiger partial charge on any atom is -0.444 e. The van der Waals surface area contributed by atoms with Crippen molar-refractivity contribution in [2.24, 2.45) is 10.9 Å². The fourth-order valence-corrected chi connectivity index (χ4v) is 3.55. The van der Waals surface area contributed by atoms with Gasteiger partial charge in [0.2, 0.25) is 0 Å². The van der Waals surface area contributed by atoms with Crippen molar-refractivity contribution < 1.29 is 9.53 Å². The first-order valence-corrected chi connectivity index (χ1v) is 11.2. The summed E-state index contributed by atoms with van der Waals surface area (Å²) in [5.41, 5.74) is 0.609. The molecule has 0 aliphatic carbocycles. The Morgan fingerprint density at radius 3 is 2.55 bits per heavy atom. The number of rotatable bonds is 7. The summed E-state index contributed by atoms with van der Waals surface area (Å²) in [6.07, 6.45) is 4.55. The zero-order valence-electron chi connectivity index (χ0n) is 19.8. The van der Waals surface area contributed by atoms with Gasteiger partial charge in [0, 0.05) is 57.6 Å². The van der Waals surface area contributed by atoms with Crippen molar-refractivity contribution in [1.82, 2.24) is 20.1 Å². The third-order valence-electron chi connectivity index (χ3n) is 5.12. The Hall–Kier alpha value is -1.58. The Labute approximate surface area is 205 Å². The standard InChI is InChI=1S/C23H39N5O2.HI/c1-6-24-21(26-15-11-20-10-8-9-14-25-20)28-16-12-19(13-17-28)18-27(7-2)22(29)30-23(3,4)5;/h8-10,14,19H,6-7,11-13,15-18H2,1-5H3,(H,24,26);1H. The molecule has 1 N–H and O–H groups in total. The molecular weight excluding hydrogens is 505 g/mol. The number of aliphatic imine (C=N–C) groups is 1. The van der Waals surface area contributed by atoms with Crippen LogP contribution in [0.1, 0.15) is 53.2 Å². The molecule has 1 saturated heterocycles. The highest BCUT2D eigenvalue weighted by Gasteiger charge is 2.27. The Bertz CT molecular complexity index is 670. The zero-order valence-corrected chi connectivity index (χ0v) is 22.1. The average molecular weight is 546 g/mol. The van der Waals surface area contributed by atoms with Crippen molar-refractivity contribution in [3.63, 3.8) is 0 Å². The molecule has 0 bridgehead atoms. The van der Waals surface area contributed by atoms with Crippen LogP contribution in [-0.2, 0) is 11.2 Å². The summed E-state index contributed by atoms with van der Waals surface area (Å²) in [6.45, 7) is 14.7. The van der Waals surface area contributed by atoms with Gasteiger partial charge in [-0.25, -0.2) is 4.79 Å². The first-order chi connectivity index (χ1) is 14.3. The van der Waals surface area contributed by atoms with E-state index in [0.29, 0.717) is 12.5 Å². The number of pyridine rings is 1. The van der Waals surface area contributed by atoms with Crippen molar-refractivity contribution in [3.8, 4) is 0 Å². The van der Waals surface area contributed by atoms with Crippen LogP contribution in [0.3, 0.4) is 0 Å². The Morgan fingerprint density at radius 1 is 1.29 bits per heavy atom. The number of halogens is 1. The molecule has 176 valence electrons. The molecule has 2 heterocycles. The minimum atomic E-state index is -0.458. The fourth-order valence-electron chi connectivity index (χ4n) is 3.55. The summed E-state index contributed by atoms with van der Waals surface area (Å²) in [6, 6.07) is 5.99. The lowest BCUT2D eigenvalue weighted by Crippen LogP contribution is -2.48. The predicted molar refractivity (Wildman–Crippen MR) is 137 cm³/mol. The molecule has 1 amide bonds. The number of carbonyl (C=O) groups is 1. The molecule has 7 nitrogen and oxygen atoms in total. The number of aromatic nitrogens is 1. The number of carbonyl (C=O) groups excluding carboxylic acids is 1. The van der Waals surface area contributed by atoms with Crippen molar-refractivity contribution in [3.05, 3.63) is 30.1 Å². The van der Waals surface area contributed by atoms with E-state index >= 15 is 0 Å². The quantitative estimate of drug-likeness (QED) is 0.317. The lowest BCUT2D eigenvalue weighted by molar-refractivity contribution is 0.0214. The molecule has 1 aromatic heterocycles. The zero-order chi connectivity index (χ0) is 22.0. The second-order valence-electron chi connectivity index (χ2n) is 8.76. The van der Waals surface area contributed by atoms with E-state index in [9.17, 15) is 4.79 Å². The minimum absolute atomic E-state index is 0. The molecule has 1 fully saturated rings. The second-order valence-corrected chi connectivity index (χ2v) is 8.76. The maximum atomic E-state index is 12.4. The van der Waals surface area contributed by atoms with Gasteiger partial charge in [0.1, 0.15) is 5.60 Å². The van der Waals surface area contributed by atoms with Crippen molar-refractivity contribution in [2.45, 2.75) is 59.5 Å². The molecule has 0 radical (unpaired) electrons. The lowest BCUT2D eigenvalue weighted by Gasteiger charge is -2.36. The normalized spacial score (nSPS) is 15.3. The summed E-state index contributed by atoms with van der Waals surface area (Å²) >= 11 is 0. The number of nitrogens with one attached hydrogen (secondary N) is 1. The van der Waals surface area contributed by atoms with E-state index in [1.807, 2.05) is 57.0 Å². The van der Waals surface area contributed by atoms with E-state index < -0.39 is 5.60 Å². The number of amides is 1. The van der Waals surface area contributed by atoms with E-state index in [1.165, 1.54) is 0 Å². The van der Waals surface area contributed by atoms with Gasteiger partial charge in [-0.2, -0.15) is 0 Å². The number of hydrogen-bond donors (Lipinski definition) is 1. The van der Waals surface area contributed by atoms with Crippen molar-refractivity contribution in [2.75, 3.05) is 39.3 Å². The molecule has 31 heavy (non-hydrogen) atoms. The predicted octanol–water partition coefficient (Wildman–Crippen LogP) is 4.18. The van der Waals surface area contributed by atoms with Gasteiger partial charge in [0.15, 0.2) is 5.96 Å². The number of piperidine rings is 1. The molecular formula is C23H40IN5O2. The van der Waals surface area contributed by atoms with Gasteiger partial charge in [0.05, 0.1) is 0 Å². The fraction of sp³-hybridized carbons (Fsp3) is 0.696. The first kappa shape index (κ1) is 27.5. The molecule has 1 aliphatic rings. The molecule has 0 unspecified atom stereocenters. The Kier molecular flexibility index (Phi) is 12.2. The number of guanidine groups is 1. The molecule has 0 aromatic carbocycles. The molecule has 0 spiro atoms. The van der Waals surface area contributed by atoms with Gasteiger partial charge < -0.3 is 19.9 Å². The van der Waals surface area contributed by atoms with Crippen LogP contribution in [-0.4, -0.2) is 71.7 Å². The smallest absolute Gasteiger partial charge is 0.410 e. The van der Waals surface area contributed by atoms with E-state index in [0.717, 1.165) is 63.6 Å². The molecule has 0 saturated carbocycles.